The molecule has 0 bridgehead atoms. The van der Waals surface area contributed by atoms with Crippen molar-refractivity contribution in [1.82, 2.24) is 20.2 Å². The Morgan fingerprint density at radius 2 is 2.09 bits per heavy atom. The number of ether oxygens (including phenoxy) is 1. The molecule has 1 aliphatic rings. The number of rotatable bonds is 2. The number of anilines is 2. The Labute approximate surface area is 125 Å². The molecule has 22 heavy (non-hydrogen) atoms. The van der Waals surface area contributed by atoms with Gasteiger partial charge in [-0.15, -0.1) is 0 Å². The number of halogens is 1. The zero-order valence-corrected chi connectivity index (χ0v) is 11.8. The van der Waals surface area contributed by atoms with Gasteiger partial charge in [0.05, 0.1) is 35.6 Å². The summed E-state index contributed by atoms with van der Waals surface area (Å²) in [5, 5.41) is 6.74. The van der Waals surface area contributed by atoms with Gasteiger partial charge in [-0.1, -0.05) is 0 Å². The molecule has 1 aromatic carbocycles. The maximum absolute atomic E-state index is 14.4. The molecule has 0 amide bonds. The van der Waals surface area contributed by atoms with E-state index in [0.717, 1.165) is 5.52 Å². The standard InChI is InChI=1S/C14H15FN6O/c15-8-5-10-11(6-12(8)21-1-3-22-4-2-21)19-14(18-10)13-9(16)7-17-20-13/h5-7H,1-4,16H2,(H,17,20)(H,18,19). The summed E-state index contributed by atoms with van der Waals surface area (Å²) in [4.78, 5) is 9.48. The van der Waals surface area contributed by atoms with E-state index in [1.807, 2.05) is 4.90 Å². The molecule has 3 heterocycles. The summed E-state index contributed by atoms with van der Waals surface area (Å²) in [6.45, 7) is 2.57. The number of nitrogen functional groups attached to an aromatic ring is 1. The Kier molecular flexibility index (Phi) is 2.97. The van der Waals surface area contributed by atoms with E-state index >= 15 is 0 Å². The Morgan fingerprint density at radius 1 is 1.27 bits per heavy atom. The molecule has 0 saturated carbocycles. The van der Waals surface area contributed by atoms with Crippen LogP contribution in [0.2, 0.25) is 0 Å². The number of aromatic nitrogens is 4. The maximum Gasteiger partial charge on any atom is 0.161 e. The summed E-state index contributed by atoms with van der Waals surface area (Å²) in [7, 11) is 0. The fraction of sp³-hybridized carbons (Fsp3) is 0.286. The molecule has 3 aromatic rings. The summed E-state index contributed by atoms with van der Waals surface area (Å²) in [5.41, 5.74) is 8.70. The summed E-state index contributed by atoms with van der Waals surface area (Å²) < 4.78 is 19.7. The zero-order chi connectivity index (χ0) is 15.1. The number of fused-ring (bicyclic) bond motifs is 1. The molecule has 0 unspecified atom stereocenters. The summed E-state index contributed by atoms with van der Waals surface area (Å²) in [6, 6.07) is 3.21. The molecule has 1 fully saturated rings. The third-order valence-electron chi connectivity index (χ3n) is 3.80. The van der Waals surface area contributed by atoms with Crippen LogP contribution in [0.4, 0.5) is 15.8 Å². The van der Waals surface area contributed by atoms with Crippen LogP contribution in [0.5, 0.6) is 0 Å². The summed E-state index contributed by atoms with van der Waals surface area (Å²) in [5.74, 6) is 0.231. The third kappa shape index (κ3) is 2.08. The van der Waals surface area contributed by atoms with Crippen molar-refractivity contribution in [2.24, 2.45) is 0 Å². The topological polar surface area (TPSA) is 95.8 Å². The quantitative estimate of drug-likeness (QED) is 0.667. The number of nitrogens with zero attached hydrogens (tertiary/aromatic N) is 3. The van der Waals surface area contributed by atoms with E-state index in [2.05, 4.69) is 20.2 Å². The van der Waals surface area contributed by atoms with Crippen molar-refractivity contribution in [2.75, 3.05) is 36.9 Å². The van der Waals surface area contributed by atoms with Gasteiger partial charge in [0.15, 0.2) is 11.5 Å². The fourth-order valence-electron chi connectivity index (χ4n) is 2.67. The lowest BCUT2D eigenvalue weighted by Gasteiger charge is -2.29. The Morgan fingerprint density at radius 3 is 2.82 bits per heavy atom. The van der Waals surface area contributed by atoms with Crippen LogP contribution in [0, 0.1) is 5.82 Å². The number of hydrogen-bond acceptors (Lipinski definition) is 5. The van der Waals surface area contributed by atoms with Crippen molar-refractivity contribution < 1.29 is 9.13 Å². The second-order valence-electron chi connectivity index (χ2n) is 5.19. The monoisotopic (exact) mass is 302 g/mol. The molecule has 4 N–H and O–H groups in total. The largest absolute Gasteiger partial charge is 0.396 e. The minimum atomic E-state index is -0.289. The average molecular weight is 302 g/mol. The van der Waals surface area contributed by atoms with Gasteiger partial charge >= 0.3 is 0 Å². The van der Waals surface area contributed by atoms with E-state index in [1.54, 1.807) is 12.3 Å². The summed E-state index contributed by atoms with van der Waals surface area (Å²) >= 11 is 0. The molecule has 0 spiro atoms. The molecule has 8 heteroatoms. The first kappa shape index (κ1) is 13.1. The SMILES string of the molecule is Nc1c[nH]nc1-c1nc2cc(F)c(N3CCOCC3)cc2[nH]1. The highest BCUT2D eigenvalue weighted by atomic mass is 19.1. The van der Waals surface area contributed by atoms with Gasteiger partial charge in [-0.05, 0) is 6.07 Å². The van der Waals surface area contributed by atoms with E-state index in [0.29, 0.717) is 54.7 Å². The molecule has 1 aliphatic heterocycles. The number of nitrogens with two attached hydrogens (primary N) is 1. The molecule has 0 radical (unpaired) electrons. The number of H-pyrrole nitrogens is 2. The highest BCUT2D eigenvalue weighted by Gasteiger charge is 2.18. The van der Waals surface area contributed by atoms with Crippen LogP contribution in [0.15, 0.2) is 18.3 Å². The van der Waals surface area contributed by atoms with Gasteiger partial charge in [0.25, 0.3) is 0 Å². The van der Waals surface area contributed by atoms with E-state index in [9.17, 15) is 4.39 Å². The van der Waals surface area contributed by atoms with E-state index in [-0.39, 0.29) is 5.82 Å². The normalized spacial score (nSPS) is 15.6. The van der Waals surface area contributed by atoms with Gasteiger partial charge in [-0.3, -0.25) is 5.10 Å². The van der Waals surface area contributed by atoms with Gasteiger partial charge in [-0.25, -0.2) is 9.37 Å². The molecular formula is C14H15FN6O. The highest BCUT2D eigenvalue weighted by molar-refractivity contribution is 5.84. The molecule has 7 nitrogen and oxygen atoms in total. The maximum atomic E-state index is 14.4. The van der Waals surface area contributed by atoms with Crippen LogP contribution < -0.4 is 10.6 Å². The van der Waals surface area contributed by atoms with Crippen LogP contribution in [0.3, 0.4) is 0 Å². The average Bonchev–Trinajstić information content (AvgIpc) is 3.12. The third-order valence-corrected chi connectivity index (χ3v) is 3.80. The predicted octanol–water partition coefficient (Wildman–Crippen LogP) is 1.51. The van der Waals surface area contributed by atoms with Crippen molar-refractivity contribution >= 4 is 22.4 Å². The first-order valence-electron chi connectivity index (χ1n) is 7.04. The minimum Gasteiger partial charge on any atom is -0.396 e. The lowest BCUT2D eigenvalue weighted by atomic mass is 10.2. The number of benzene rings is 1. The van der Waals surface area contributed by atoms with Gasteiger partial charge in [0.1, 0.15) is 5.82 Å². The lowest BCUT2D eigenvalue weighted by Crippen LogP contribution is -2.36. The Hall–Kier alpha value is -2.61. The summed E-state index contributed by atoms with van der Waals surface area (Å²) in [6.07, 6.45) is 1.59. The molecule has 114 valence electrons. The molecule has 1 saturated heterocycles. The van der Waals surface area contributed by atoms with E-state index < -0.39 is 0 Å². The number of hydrogen-bond donors (Lipinski definition) is 3. The van der Waals surface area contributed by atoms with Crippen LogP contribution >= 0.6 is 0 Å². The second-order valence-corrected chi connectivity index (χ2v) is 5.19. The highest BCUT2D eigenvalue weighted by Crippen LogP contribution is 2.28. The van der Waals surface area contributed by atoms with E-state index in [4.69, 9.17) is 10.5 Å². The molecule has 0 aliphatic carbocycles. The molecule has 0 atom stereocenters. The first-order chi connectivity index (χ1) is 10.7. The zero-order valence-electron chi connectivity index (χ0n) is 11.8. The van der Waals surface area contributed by atoms with Crippen molar-refractivity contribution in [1.29, 1.82) is 0 Å². The molecule has 4 rings (SSSR count). The Bertz CT molecular complexity index is 820. The second kappa shape index (κ2) is 4.99. The number of imidazole rings is 1. The predicted molar refractivity (Wildman–Crippen MR) is 81.1 cm³/mol. The van der Waals surface area contributed by atoms with Gasteiger partial charge in [0.2, 0.25) is 0 Å². The van der Waals surface area contributed by atoms with Crippen LogP contribution in [0.25, 0.3) is 22.6 Å². The fourth-order valence-corrected chi connectivity index (χ4v) is 2.67. The van der Waals surface area contributed by atoms with Crippen molar-refractivity contribution in [3.05, 3.63) is 24.1 Å². The molecular weight excluding hydrogens is 287 g/mol. The number of aromatic amines is 2. The van der Waals surface area contributed by atoms with Crippen molar-refractivity contribution in [2.45, 2.75) is 0 Å². The van der Waals surface area contributed by atoms with Crippen LogP contribution in [-0.4, -0.2) is 46.5 Å². The number of nitrogens with one attached hydrogen (secondary N) is 2. The number of morpholine rings is 1. The van der Waals surface area contributed by atoms with Gasteiger partial charge in [0, 0.05) is 25.4 Å². The van der Waals surface area contributed by atoms with Gasteiger partial charge < -0.3 is 20.4 Å². The Balaban J connectivity index is 1.78. The molecule has 2 aromatic heterocycles. The minimum absolute atomic E-state index is 0.289. The first-order valence-corrected chi connectivity index (χ1v) is 7.04. The van der Waals surface area contributed by atoms with Crippen molar-refractivity contribution in [3.63, 3.8) is 0 Å². The van der Waals surface area contributed by atoms with E-state index in [1.165, 1.54) is 6.07 Å². The van der Waals surface area contributed by atoms with Crippen molar-refractivity contribution in [3.8, 4) is 11.5 Å². The van der Waals surface area contributed by atoms with Crippen LogP contribution in [0.1, 0.15) is 0 Å². The van der Waals surface area contributed by atoms with Crippen LogP contribution in [-0.2, 0) is 4.74 Å². The lowest BCUT2D eigenvalue weighted by molar-refractivity contribution is 0.122. The van der Waals surface area contributed by atoms with Gasteiger partial charge in [-0.2, -0.15) is 5.10 Å². The smallest absolute Gasteiger partial charge is 0.161 e.